The van der Waals surface area contributed by atoms with Crippen LogP contribution in [-0.2, 0) is 4.74 Å². The van der Waals surface area contributed by atoms with E-state index in [1.54, 1.807) is 0 Å². The normalized spacial score (nSPS) is 22.7. The van der Waals surface area contributed by atoms with Gasteiger partial charge in [0, 0.05) is 29.5 Å². The van der Waals surface area contributed by atoms with E-state index in [0.29, 0.717) is 19.6 Å². The van der Waals surface area contributed by atoms with Crippen LogP contribution in [0.15, 0.2) is 16.9 Å². The topological polar surface area (TPSA) is 116 Å². The Morgan fingerprint density at radius 2 is 2.12 bits per heavy atom. The minimum absolute atomic E-state index is 0.0254. The first kappa shape index (κ1) is 28.3. The first-order valence-corrected chi connectivity index (χ1v) is 15.4. The number of nitrogens with two attached hydrogens (primary N) is 1. The molecule has 0 spiro atoms. The van der Waals surface area contributed by atoms with Crippen molar-refractivity contribution in [1.29, 1.82) is 5.26 Å². The van der Waals surface area contributed by atoms with E-state index in [0.717, 1.165) is 30.7 Å². The van der Waals surface area contributed by atoms with Crippen LogP contribution in [0, 0.1) is 28.9 Å². The maximum absolute atomic E-state index is 16.9. The number of aromatic nitrogens is 2. The molecule has 2 saturated heterocycles. The number of nitrogens with zero attached hydrogens (tertiary/aromatic N) is 4. The van der Waals surface area contributed by atoms with Crippen molar-refractivity contribution in [3.63, 3.8) is 0 Å². The molecule has 0 saturated carbocycles. The van der Waals surface area contributed by atoms with Crippen LogP contribution in [-0.4, -0.2) is 60.0 Å². The van der Waals surface area contributed by atoms with Crippen molar-refractivity contribution in [1.82, 2.24) is 14.5 Å². The summed E-state index contributed by atoms with van der Waals surface area (Å²) in [6, 6.07) is 4.17. The molecule has 0 radical (unpaired) electrons. The van der Waals surface area contributed by atoms with Gasteiger partial charge < -0.3 is 19.9 Å². The van der Waals surface area contributed by atoms with Gasteiger partial charge in [0.15, 0.2) is 11.6 Å². The molecule has 2 fully saturated rings. The summed E-state index contributed by atoms with van der Waals surface area (Å²) in [6.45, 7) is 3.87. The quantitative estimate of drug-likeness (QED) is 0.309. The number of ether oxygens (including phenoxy) is 3. The van der Waals surface area contributed by atoms with Crippen molar-refractivity contribution in [2.24, 2.45) is 5.92 Å². The van der Waals surface area contributed by atoms with Crippen molar-refractivity contribution >= 4 is 49.1 Å². The number of likely N-dealkylation sites (N-methyl/N-ethyl adjacent to an activating group) is 1. The molecule has 13 heteroatoms. The van der Waals surface area contributed by atoms with Gasteiger partial charge in [-0.05, 0) is 51.4 Å². The first-order chi connectivity index (χ1) is 20.7. The van der Waals surface area contributed by atoms with Gasteiger partial charge in [-0.3, -0.25) is 14.3 Å². The number of rotatable bonds is 5. The molecule has 9 nitrogen and oxygen atoms in total. The minimum atomic E-state index is -0.846. The summed E-state index contributed by atoms with van der Waals surface area (Å²) in [7, 11) is 2.01. The lowest BCUT2D eigenvalue weighted by molar-refractivity contribution is 0.111. The number of nitriles is 1. The van der Waals surface area contributed by atoms with E-state index in [4.69, 9.17) is 31.5 Å². The zero-order valence-corrected chi connectivity index (χ0v) is 25.0. The Hall–Kier alpha value is -3.50. The fourth-order valence-electron chi connectivity index (χ4n) is 6.82. The number of halogens is 3. The second-order valence-corrected chi connectivity index (χ2v) is 12.8. The lowest BCUT2D eigenvalue weighted by Crippen LogP contribution is -2.41. The molecule has 3 aliphatic heterocycles. The molecule has 0 amide bonds. The predicted octanol–water partition coefficient (Wildman–Crippen LogP) is 5.50. The van der Waals surface area contributed by atoms with E-state index in [9.17, 15) is 14.4 Å². The van der Waals surface area contributed by atoms with Crippen LogP contribution in [0.4, 0.5) is 13.8 Å². The second-order valence-electron chi connectivity index (χ2n) is 11.4. The van der Waals surface area contributed by atoms with Crippen LogP contribution < -0.4 is 20.8 Å². The second kappa shape index (κ2) is 10.6. The summed E-state index contributed by atoms with van der Waals surface area (Å²) < 4.78 is 51.4. The summed E-state index contributed by atoms with van der Waals surface area (Å²) in [4.78, 5) is 20.7. The average Bonchev–Trinajstić information content (AvgIpc) is 3.75. The number of nitrogen functional groups attached to an aromatic ring is 1. The van der Waals surface area contributed by atoms with E-state index in [2.05, 4.69) is 9.88 Å². The zero-order valence-electron chi connectivity index (χ0n) is 23.5. The molecule has 4 atom stereocenters. The van der Waals surface area contributed by atoms with Gasteiger partial charge in [-0.15, -0.1) is 11.3 Å². The third-order valence-electron chi connectivity index (χ3n) is 9.00. The third-order valence-corrected chi connectivity index (χ3v) is 10.4. The van der Waals surface area contributed by atoms with Gasteiger partial charge in [0.1, 0.15) is 40.6 Å². The highest BCUT2D eigenvalue weighted by molar-refractivity contribution is 7.23. The molecule has 2 aromatic carbocycles. The molecular formula is C30H28ClF2N5O4S. The fraction of sp³-hybridized carbons (Fsp3) is 0.433. The number of hydrogen-bond donors (Lipinski definition) is 1. The van der Waals surface area contributed by atoms with Gasteiger partial charge in [0.25, 0.3) is 5.88 Å². The van der Waals surface area contributed by atoms with Crippen molar-refractivity contribution in [3.05, 3.63) is 44.7 Å². The lowest BCUT2D eigenvalue weighted by Gasteiger charge is -2.33. The van der Waals surface area contributed by atoms with E-state index < -0.39 is 23.2 Å². The average molecular weight is 628 g/mol. The maximum Gasteiger partial charge on any atom is 0.314 e. The molecule has 7 rings (SSSR count). The van der Waals surface area contributed by atoms with Gasteiger partial charge >= 0.3 is 5.56 Å². The van der Waals surface area contributed by atoms with Crippen molar-refractivity contribution in [3.8, 4) is 28.8 Å². The van der Waals surface area contributed by atoms with Crippen LogP contribution in [0.2, 0.25) is 5.02 Å². The SMILES string of the molecule is C[C@H](Oc1nc2c(F)c(-c3ccc(F)c4sc(N)c(C#N)c34)c(Cl)c3c2n(c1=O)C(C1CCOC1)CO3)[C@@H]1CCCN1C. The van der Waals surface area contributed by atoms with E-state index >= 15 is 4.39 Å². The number of hydrogen-bond acceptors (Lipinski definition) is 9. The molecule has 0 aliphatic carbocycles. The highest BCUT2D eigenvalue weighted by atomic mass is 35.5. The van der Waals surface area contributed by atoms with Crippen LogP contribution in [0.1, 0.15) is 37.8 Å². The lowest BCUT2D eigenvalue weighted by atomic mass is 9.95. The Bertz CT molecular complexity index is 1900. The van der Waals surface area contributed by atoms with E-state index in [1.165, 1.54) is 16.7 Å². The standard InChI is InChI=1S/C30H28ClF2N5O4S/c1-13(18-4-3-8-37(18)2)42-29-30(39)38-19(14-7-9-40-11-14)12-41-26-22(31)21(23(33)24(36-29)25(26)38)15-5-6-17(32)27-20(15)16(10-34)28(35)43-27/h5-6,13-14,18-19H,3-4,7-9,11-12,35H2,1-2H3/t13-,14?,18-,19?/m0/s1. The Labute approximate surface area is 254 Å². The largest absolute Gasteiger partial charge is 0.488 e. The Balaban J connectivity index is 1.51. The predicted molar refractivity (Wildman–Crippen MR) is 160 cm³/mol. The molecule has 2 N–H and O–H groups in total. The number of thiophene rings is 1. The van der Waals surface area contributed by atoms with Crippen molar-refractivity contribution in [2.75, 3.05) is 39.1 Å². The number of likely N-dealkylation sites (tertiary alicyclic amines) is 1. The Morgan fingerprint density at radius 1 is 1.30 bits per heavy atom. The van der Waals surface area contributed by atoms with Gasteiger partial charge in [-0.1, -0.05) is 17.7 Å². The monoisotopic (exact) mass is 627 g/mol. The summed E-state index contributed by atoms with van der Waals surface area (Å²) in [5, 5.41) is 9.98. The van der Waals surface area contributed by atoms with Gasteiger partial charge in [0.05, 0.1) is 27.9 Å². The number of fused-ring (bicyclic) bond motifs is 1. The van der Waals surface area contributed by atoms with Gasteiger partial charge in [0.2, 0.25) is 0 Å². The van der Waals surface area contributed by atoms with Gasteiger partial charge in [-0.2, -0.15) is 5.26 Å². The van der Waals surface area contributed by atoms with Crippen LogP contribution in [0.3, 0.4) is 0 Å². The summed E-state index contributed by atoms with van der Waals surface area (Å²) in [5.74, 6) is -1.62. The molecule has 5 heterocycles. The van der Waals surface area contributed by atoms with Crippen molar-refractivity contribution in [2.45, 2.75) is 44.4 Å². The van der Waals surface area contributed by atoms with E-state index in [1.807, 2.05) is 20.0 Å². The highest BCUT2D eigenvalue weighted by Gasteiger charge is 2.39. The molecule has 2 aromatic heterocycles. The number of anilines is 1. The fourth-order valence-corrected chi connectivity index (χ4v) is 8.10. The maximum atomic E-state index is 16.9. The van der Waals surface area contributed by atoms with Crippen LogP contribution in [0.5, 0.6) is 11.6 Å². The summed E-state index contributed by atoms with van der Waals surface area (Å²) >= 11 is 7.79. The Morgan fingerprint density at radius 3 is 2.81 bits per heavy atom. The Kier molecular flexibility index (Phi) is 6.97. The van der Waals surface area contributed by atoms with Crippen LogP contribution >= 0.6 is 22.9 Å². The van der Waals surface area contributed by atoms with Crippen LogP contribution in [0.25, 0.3) is 32.2 Å². The molecule has 0 bridgehead atoms. The molecule has 2 unspecified atom stereocenters. The zero-order chi connectivity index (χ0) is 30.2. The molecule has 224 valence electrons. The third kappa shape index (κ3) is 4.28. The summed E-state index contributed by atoms with van der Waals surface area (Å²) in [5.41, 5.74) is 5.58. The smallest absolute Gasteiger partial charge is 0.314 e. The molecular weight excluding hydrogens is 600 g/mol. The number of benzene rings is 2. The minimum Gasteiger partial charge on any atom is -0.488 e. The molecule has 43 heavy (non-hydrogen) atoms. The summed E-state index contributed by atoms with van der Waals surface area (Å²) in [6.07, 6.45) is 2.23. The molecule has 4 aromatic rings. The van der Waals surface area contributed by atoms with Crippen molar-refractivity contribution < 1.29 is 23.0 Å². The van der Waals surface area contributed by atoms with E-state index in [-0.39, 0.29) is 84.1 Å². The van der Waals surface area contributed by atoms with Gasteiger partial charge in [-0.25, -0.2) is 13.8 Å². The molecule has 3 aliphatic rings. The first-order valence-electron chi connectivity index (χ1n) is 14.2. The highest BCUT2D eigenvalue weighted by Crippen LogP contribution is 2.50.